The van der Waals surface area contributed by atoms with Gasteiger partial charge in [0.15, 0.2) is 0 Å². The zero-order valence-electron chi connectivity index (χ0n) is 14.7. The van der Waals surface area contributed by atoms with Crippen LogP contribution in [-0.4, -0.2) is 41.3 Å². The van der Waals surface area contributed by atoms with Crippen LogP contribution in [0.5, 0.6) is 0 Å². The monoisotopic (exact) mass is 356 g/mol. The lowest BCUT2D eigenvalue weighted by Gasteiger charge is -2.02. The lowest BCUT2D eigenvalue weighted by molar-refractivity contribution is -0.121. The molecule has 1 amide bonds. The van der Waals surface area contributed by atoms with Crippen LogP contribution in [0.15, 0.2) is 33.6 Å². The third kappa shape index (κ3) is 4.15. The van der Waals surface area contributed by atoms with E-state index in [0.29, 0.717) is 31.0 Å². The maximum absolute atomic E-state index is 12.3. The maximum atomic E-state index is 12.3. The number of carbonyl (C=O) groups is 1. The van der Waals surface area contributed by atoms with E-state index in [0.717, 1.165) is 16.5 Å². The van der Waals surface area contributed by atoms with Crippen molar-refractivity contribution in [3.05, 3.63) is 46.1 Å². The summed E-state index contributed by atoms with van der Waals surface area (Å²) in [5.41, 5.74) is 1.89. The Balaban J connectivity index is 1.73. The van der Waals surface area contributed by atoms with Gasteiger partial charge in [0.1, 0.15) is 0 Å². The summed E-state index contributed by atoms with van der Waals surface area (Å²) in [5.74, 6) is 0.399. The number of benzene rings is 1. The van der Waals surface area contributed by atoms with Gasteiger partial charge in [-0.2, -0.15) is 4.98 Å². The average Bonchev–Trinajstić information content (AvgIpc) is 3.09. The molecule has 0 aliphatic heterocycles. The van der Waals surface area contributed by atoms with E-state index in [-0.39, 0.29) is 23.7 Å². The van der Waals surface area contributed by atoms with Gasteiger partial charge in [0.2, 0.25) is 17.6 Å². The number of methoxy groups -OCH3 is 1. The molecule has 0 bridgehead atoms. The Kier molecular flexibility index (Phi) is 5.43. The number of amides is 1. The Morgan fingerprint density at radius 2 is 2.19 bits per heavy atom. The van der Waals surface area contributed by atoms with Crippen molar-refractivity contribution in [1.82, 2.24) is 20.4 Å². The van der Waals surface area contributed by atoms with Crippen molar-refractivity contribution < 1.29 is 14.1 Å². The van der Waals surface area contributed by atoms with Crippen molar-refractivity contribution in [3.8, 4) is 11.4 Å². The van der Waals surface area contributed by atoms with Crippen molar-refractivity contribution in [2.75, 3.05) is 20.3 Å². The molecule has 26 heavy (non-hydrogen) atoms. The number of hydrogen-bond acceptors (Lipinski definition) is 6. The highest BCUT2D eigenvalue weighted by atomic mass is 16.5. The van der Waals surface area contributed by atoms with Crippen molar-refractivity contribution in [3.63, 3.8) is 0 Å². The second-order valence-corrected chi connectivity index (χ2v) is 5.96. The minimum absolute atomic E-state index is 0.124. The highest BCUT2D eigenvalue weighted by Crippen LogP contribution is 2.18. The van der Waals surface area contributed by atoms with Gasteiger partial charge in [0, 0.05) is 32.0 Å². The third-order valence-electron chi connectivity index (χ3n) is 3.90. The molecule has 3 aromatic rings. The number of aromatic nitrogens is 3. The number of fused-ring (bicyclic) bond motifs is 1. The first-order chi connectivity index (χ1) is 12.6. The van der Waals surface area contributed by atoms with Crippen molar-refractivity contribution in [2.45, 2.75) is 19.8 Å². The van der Waals surface area contributed by atoms with Gasteiger partial charge in [-0.3, -0.25) is 9.59 Å². The summed E-state index contributed by atoms with van der Waals surface area (Å²) < 4.78 is 10.0. The van der Waals surface area contributed by atoms with E-state index in [1.807, 2.05) is 25.1 Å². The maximum Gasteiger partial charge on any atom is 0.259 e. The molecule has 0 saturated carbocycles. The van der Waals surface area contributed by atoms with Gasteiger partial charge >= 0.3 is 0 Å². The molecular formula is C18H20N4O4. The van der Waals surface area contributed by atoms with E-state index in [2.05, 4.69) is 20.4 Å². The molecule has 3 rings (SSSR count). The minimum atomic E-state index is -0.286. The molecule has 2 N–H and O–H groups in total. The van der Waals surface area contributed by atoms with Gasteiger partial charge in [-0.05, 0) is 30.5 Å². The van der Waals surface area contributed by atoms with Crippen LogP contribution in [0.25, 0.3) is 22.3 Å². The van der Waals surface area contributed by atoms with E-state index in [4.69, 9.17) is 9.26 Å². The number of nitrogens with zero attached hydrogens (tertiary/aromatic N) is 2. The summed E-state index contributed by atoms with van der Waals surface area (Å²) in [6, 6.07) is 7.51. The first kappa shape index (κ1) is 17.8. The summed E-state index contributed by atoms with van der Waals surface area (Å²) in [6.07, 6.45) is 0.523. The van der Waals surface area contributed by atoms with Gasteiger partial charge in [-0.15, -0.1) is 0 Å². The van der Waals surface area contributed by atoms with Crippen LogP contribution in [-0.2, 0) is 16.0 Å². The Morgan fingerprint density at radius 1 is 1.35 bits per heavy atom. The molecule has 136 valence electrons. The Hall–Kier alpha value is -3.00. The molecule has 8 nitrogen and oxygen atoms in total. The highest BCUT2D eigenvalue weighted by Gasteiger charge is 2.14. The summed E-state index contributed by atoms with van der Waals surface area (Å²) >= 11 is 0. The summed E-state index contributed by atoms with van der Waals surface area (Å²) in [7, 11) is 1.57. The summed E-state index contributed by atoms with van der Waals surface area (Å²) in [6.45, 7) is 2.89. The molecule has 0 aliphatic rings. The number of aromatic amines is 1. The molecule has 0 fully saturated rings. The SMILES string of the molecule is COCCNC(=O)CCc1nc(-c2cc3cc(C)ccc3[nH]c2=O)no1. The van der Waals surface area contributed by atoms with Crippen LogP contribution >= 0.6 is 0 Å². The van der Waals surface area contributed by atoms with Gasteiger partial charge in [0.25, 0.3) is 5.56 Å². The molecule has 0 unspecified atom stereocenters. The van der Waals surface area contributed by atoms with Crippen LogP contribution in [0.3, 0.4) is 0 Å². The molecule has 1 aromatic carbocycles. The molecule has 0 spiro atoms. The van der Waals surface area contributed by atoms with Crippen LogP contribution in [0.2, 0.25) is 0 Å². The van der Waals surface area contributed by atoms with E-state index in [1.165, 1.54) is 0 Å². The summed E-state index contributed by atoms with van der Waals surface area (Å²) in [5, 5.41) is 7.48. The average molecular weight is 356 g/mol. The molecule has 2 heterocycles. The zero-order chi connectivity index (χ0) is 18.5. The fourth-order valence-electron chi connectivity index (χ4n) is 2.56. The fourth-order valence-corrected chi connectivity index (χ4v) is 2.56. The van der Waals surface area contributed by atoms with E-state index in [9.17, 15) is 9.59 Å². The molecule has 0 aliphatic carbocycles. The number of aryl methyl sites for hydroxylation is 2. The standard InChI is InChI=1S/C18H20N4O4/c1-11-3-4-14-12(9-11)10-13(18(24)20-14)17-21-16(26-22-17)6-5-15(23)19-7-8-25-2/h3-4,9-10H,5-8H2,1-2H3,(H,19,23)(H,20,24). The Labute approximate surface area is 149 Å². The smallest absolute Gasteiger partial charge is 0.259 e. The van der Waals surface area contributed by atoms with E-state index < -0.39 is 0 Å². The van der Waals surface area contributed by atoms with Gasteiger partial charge in [-0.1, -0.05) is 16.8 Å². The van der Waals surface area contributed by atoms with Crippen molar-refractivity contribution in [1.29, 1.82) is 0 Å². The molecule has 8 heteroatoms. The van der Waals surface area contributed by atoms with E-state index in [1.54, 1.807) is 13.2 Å². The second-order valence-electron chi connectivity index (χ2n) is 5.96. The van der Waals surface area contributed by atoms with Gasteiger partial charge < -0.3 is 19.6 Å². The number of nitrogens with one attached hydrogen (secondary N) is 2. The lowest BCUT2D eigenvalue weighted by Crippen LogP contribution is -2.27. The number of H-pyrrole nitrogens is 1. The number of rotatable bonds is 7. The number of pyridine rings is 1. The largest absolute Gasteiger partial charge is 0.383 e. The first-order valence-electron chi connectivity index (χ1n) is 8.29. The molecule has 0 saturated heterocycles. The van der Waals surface area contributed by atoms with Gasteiger partial charge in [0.05, 0.1) is 12.2 Å². The fraction of sp³-hybridized carbons (Fsp3) is 0.333. The minimum Gasteiger partial charge on any atom is -0.383 e. The van der Waals surface area contributed by atoms with E-state index >= 15 is 0 Å². The predicted octanol–water partition coefficient (Wildman–Crippen LogP) is 1.58. The zero-order valence-corrected chi connectivity index (χ0v) is 14.7. The lowest BCUT2D eigenvalue weighted by atomic mass is 10.1. The highest BCUT2D eigenvalue weighted by molar-refractivity contribution is 5.82. The predicted molar refractivity (Wildman–Crippen MR) is 95.8 cm³/mol. The number of carbonyl (C=O) groups excluding carboxylic acids is 1. The van der Waals surface area contributed by atoms with Crippen LogP contribution < -0.4 is 10.9 Å². The third-order valence-corrected chi connectivity index (χ3v) is 3.90. The van der Waals surface area contributed by atoms with Crippen molar-refractivity contribution in [2.24, 2.45) is 0 Å². The molecule has 2 aromatic heterocycles. The van der Waals surface area contributed by atoms with Crippen LogP contribution in [0, 0.1) is 6.92 Å². The quantitative estimate of drug-likeness (QED) is 0.622. The normalized spacial score (nSPS) is 11.0. The Bertz CT molecular complexity index is 977. The number of ether oxygens (including phenoxy) is 1. The first-order valence-corrected chi connectivity index (χ1v) is 8.29. The molecule has 0 radical (unpaired) electrons. The van der Waals surface area contributed by atoms with Crippen molar-refractivity contribution >= 4 is 16.8 Å². The van der Waals surface area contributed by atoms with Gasteiger partial charge in [-0.25, -0.2) is 0 Å². The summed E-state index contributed by atoms with van der Waals surface area (Å²) in [4.78, 5) is 31.0. The van der Waals surface area contributed by atoms with Crippen LogP contribution in [0.1, 0.15) is 17.9 Å². The molecule has 0 atom stereocenters. The topological polar surface area (TPSA) is 110 Å². The number of hydrogen-bond donors (Lipinski definition) is 2. The van der Waals surface area contributed by atoms with Crippen LogP contribution in [0.4, 0.5) is 0 Å². The molecular weight excluding hydrogens is 336 g/mol. The Morgan fingerprint density at radius 3 is 3.00 bits per heavy atom. The second kappa shape index (κ2) is 7.92.